The number of ether oxygens (including phenoxy) is 2. The average molecular weight is 476 g/mol. The van der Waals surface area contributed by atoms with Crippen LogP contribution in [0, 0.1) is 19.7 Å². The summed E-state index contributed by atoms with van der Waals surface area (Å²) in [5.74, 6) is -0.330. The molecule has 0 spiro atoms. The first-order chi connectivity index (χ1) is 14.4. The number of benzene rings is 1. The second-order valence-electron chi connectivity index (χ2n) is 7.53. The fourth-order valence-corrected chi connectivity index (χ4v) is 4.49. The molecule has 3 heterocycles. The van der Waals surface area contributed by atoms with Crippen molar-refractivity contribution in [3.8, 4) is 11.3 Å². The van der Waals surface area contributed by atoms with Crippen LogP contribution in [0.4, 0.5) is 9.18 Å². The van der Waals surface area contributed by atoms with Gasteiger partial charge in [0.1, 0.15) is 11.5 Å². The van der Waals surface area contributed by atoms with E-state index in [4.69, 9.17) is 14.5 Å². The van der Waals surface area contributed by atoms with Crippen molar-refractivity contribution >= 4 is 27.7 Å². The average Bonchev–Trinajstić information content (AvgIpc) is 3.03. The quantitative estimate of drug-likeness (QED) is 0.558. The van der Waals surface area contributed by atoms with Gasteiger partial charge in [-0.2, -0.15) is 0 Å². The van der Waals surface area contributed by atoms with E-state index in [2.05, 4.69) is 15.9 Å². The summed E-state index contributed by atoms with van der Waals surface area (Å²) in [4.78, 5) is 18.4. The second kappa shape index (κ2) is 8.35. The van der Waals surface area contributed by atoms with Gasteiger partial charge in [-0.3, -0.25) is 0 Å². The number of rotatable bonds is 3. The van der Waals surface area contributed by atoms with Crippen LogP contribution in [-0.4, -0.2) is 53.3 Å². The van der Waals surface area contributed by atoms with Crippen molar-refractivity contribution in [2.24, 2.45) is 0 Å². The number of methoxy groups -OCH3 is 1. The van der Waals surface area contributed by atoms with Crippen LogP contribution in [0.5, 0.6) is 0 Å². The molecule has 0 saturated carbocycles. The van der Waals surface area contributed by atoms with Gasteiger partial charge in [-0.1, -0.05) is 15.9 Å². The monoisotopic (exact) mass is 475 g/mol. The Morgan fingerprint density at radius 3 is 2.90 bits per heavy atom. The van der Waals surface area contributed by atoms with E-state index in [1.807, 2.05) is 42.6 Å². The van der Waals surface area contributed by atoms with Crippen LogP contribution >= 0.6 is 15.9 Å². The molecule has 1 unspecified atom stereocenters. The van der Waals surface area contributed by atoms with E-state index in [0.29, 0.717) is 41.8 Å². The van der Waals surface area contributed by atoms with Crippen molar-refractivity contribution < 1.29 is 18.7 Å². The van der Waals surface area contributed by atoms with E-state index >= 15 is 0 Å². The first-order valence-electron chi connectivity index (χ1n) is 9.75. The van der Waals surface area contributed by atoms with Crippen LogP contribution in [0.2, 0.25) is 0 Å². The van der Waals surface area contributed by atoms with Crippen LogP contribution in [0.25, 0.3) is 16.9 Å². The number of aryl methyl sites for hydroxylation is 2. The maximum Gasteiger partial charge on any atom is 0.409 e. The third-order valence-electron chi connectivity index (χ3n) is 5.36. The van der Waals surface area contributed by atoms with Gasteiger partial charge in [-0.15, -0.1) is 0 Å². The molecule has 1 atom stereocenters. The summed E-state index contributed by atoms with van der Waals surface area (Å²) in [6.07, 6.45) is 1.83. The Morgan fingerprint density at radius 1 is 1.37 bits per heavy atom. The molecule has 2 aromatic heterocycles. The largest absolute Gasteiger partial charge is 0.453 e. The zero-order chi connectivity index (χ0) is 21.4. The number of pyridine rings is 1. The number of carbonyl (C=O) groups is 1. The molecule has 1 aromatic carbocycles. The Hall–Kier alpha value is -2.45. The summed E-state index contributed by atoms with van der Waals surface area (Å²) in [5.41, 5.74) is 4.55. The minimum Gasteiger partial charge on any atom is -0.453 e. The fraction of sp³-hybridized carbons (Fsp3) is 0.364. The number of hydrogen-bond donors (Lipinski definition) is 0. The number of halogens is 2. The predicted octanol–water partition coefficient (Wildman–Crippen LogP) is 4.53. The van der Waals surface area contributed by atoms with Gasteiger partial charge in [-0.25, -0.2) is 14.2 Å². The van der Waals surface area contributed by atoms with Gasteiger partial charge < -0.3 is 18.8 Å². The summed E-state index contributed by atoms with van der Waals surface area (Å²) in [6, 6.07) is 7.31. The highest BCUT2D eigenvalue weighted by molar-refractivity contribution is 9.10. The lowest BCUT2D eigenvalue weighted by Crippen LogP contribution is -2.46. The summed E-state index contributed by atoms with van der Waals surface area (Å²) in [7, 11) is 1.37. The molecule has 30 heavy (non-hydrogen) atoms. The van der Waals surface area contributed by atoms with E-state index in [9.17, 15) is 9.18 Å². The molecular weight excluding hydrogens is 453 g/mol. The molecular formula is C22H23BrFN3O3. The minimum atomic E-state index is -0.368. The molecule has 1 fully saturated rings. The lowest BCUT2D eigenvalue weighted by molar-refractivity contribution is -0.0241. The maximum absolute atomic E-state index is 15.0. The van der Waals surface area contributed by atoms with Gasteiger partial charge in [0, 0.05) is 29.2 Å². The lowest BCUT2D eigenvalue weighted by Gasteiger charge is -2.32. The Kier molecular flexibility index (Phi) is 5.79. The first-order valence-corrected chi connectivity index (χ1v) is 10.5. The van der Waals surface area contributed by atoms with Crippen molar-refractivity contribution in [2.75, 3.05) is 26.8 Å². The van der Waals surface area contributed by atoms with Gasteiger partial charge in [0.2, 0.25) is 0 Å². The van der Waals surface area contributed by atoms with Crippen LogP contribution in [0.1, 0.15) is 16.8 Å². The van der Waals surface area contributed by atoms with Crippen molar-refractivity contribution in [3.05, 3.63) is 57.6 Å². The van der Waals surface area contributed by atoms with Crippen molar-refractivity contribution in [1.29, 1.82) is 0 Å². The molecule has 6 nitrogen and oxygen atoms in total. The molecule has 0 radical (unpaired) electrons. The molecule has 158 valence electrons. The van der Waals surface area contributed by atoms with E-state index in [1.165, 1.54) is 13.2 Å². The molecule has 0 N–H and O–H groups in total. The highest BCUT2D eigenvalue weighted by Crippen LogP contribution is 2.33. The third kappa shape index (κ3) is 3.94. The zero-order valence-corrected chi connectivity index (χ0v) is 18.7. The molecule has 1 amide bonds. The van der Waals surface area contributed by atoms with Crippen LogP contribution in [-0.2, 0) is 15.9 Å². The smallest absolute Gasteiger partial charge is 0.409 e. The standard InChI is InChI=1S/C22H23BrFN3O3/c1-13-4-5-27-18(11-16-12-26(6-7-30-16)22(28)29-3)21(25-19(27)8-13)20-14(2)9-15(23)10-17(20)24/h4-5,8-10,16H,6-7,11-12H2,1-3H3. The molecule has 8 heteroatoms. The summed E-state index contributed by atoms with van der Waals surface area (Å²) >= 11 is 3.35. The highest BCUT2D eigenvalue weighted by atomic mass is 79.9. The van der Waals surface area contributed by atoms with Crippen LogP contribution in [0.3, 0.4) is 0 Å². The number of amides is 1. The Balaban J connectivity index is 1.79. The zero-order valence-electron chi connectivity index (χ0n) is 17.1. The number of aromatic nitrogens is 2. The van der Waals surface area contributed by atoms with Crippen LogP contribution in [0.15, 0.2) is 34.9 Å². The van der Waals surface area contributed by atoms with Crippen molar-refractivity contribution in [3.63, 3.8) is 0 Å². The number of hydrogen-bond acceptors (Lipinski definition) is 4. The Bertz CT molecular complexity index is 1090. The molecule has 3 aromatic rings. The molecule has 0 bridgehead atoms. The minimum absolute atomic E-state index is 0.239. The van der Waals surface area contributed by atoms with Gasteiger partial charge in [0.15, 0.2) is 0 Å². The van der Waals surface area contributed by atoms with E-state index in [-0.39, 0.29) is 18.0 Å². The Labute approximate surface area is 182 Å². The SMILES string of the molecule is COC(=O)N1CCOC(Cc2c(-c3c(C)cc(Br)cc3F)nc3cc(C)ccn23)C1. The van der Waals surface area contributed by atoms with Gasteiger partial charge in [0.25, 0.3) is 0 Å². The van der Waals surface area contributed by atoms with Gasteiger partial charge in [-0.05, 0) is 49.2 Å². The number of fused-ring (bicyclic) bond motifs is 1. The Morgan fingerprint density at radius 2 is 2.17 bits per heavy atom. The van der Waals surface area contributed by atoms with Crippen LogP contribution < -0.4 is 0 Å². The molecule has 1 saturated heterocycles. The lowest BCUT2D eigenvalue weighted by atomic mass is 10.0. The van der Waals surface area contributed by atoms with E-state index in [1.54, 1.807) is 4.90 Å². The number of nitrogens with zero attached hydrogens (tertiary/aromatic N) is 3. The molecule has 0 aliphatic carbocycles. The van der Waals surface area contributed by atoms with Gasteiger partial charge in [0.05, 0.1) is 37.8 Å². The predicted molar refractivity (Wildman–Crippen MR) is 115 cm³/mol. The molecule has 1 aliphatic rings. The summed E-state index contributed by atoms with van der Waals surface area (Å²) in [5, 5.41) is 0. The normalized spacial score (nSPS) is 16.8. The third-order valence-corrected chi connectivity index (χ3v) is 5.82. The first kappa shape index (κ1) is 20.8. The van der Waals surface area contributed by atoms with E-state index in [0.717, 1.165) is 22.5 Å². The molecule has 1 aliphatic heterocycles. The van der Waals surface area contributed by atoms with E-state index < -0.39 is 0 Å². The van der Waals surface area contributed by atoms with Crippen molar-refractivity contribution in [1.82, 2.24) is 14.3 Å². The molecule has 4 rings (SSSR count). The fourth-order valence-electron chi connectivity index (χ4n) is 3.95. The number of carbonyl (C=O) groups excluding carboxylic acids is 1. The number of morpholine rings is 1. The second-order valence-corrected chi connectivity index (χ2v) is 8.45. The maximum atomic E-state index is 15.0. The highest BCUT2D eigenvalue weighted by Gasteiger charge is 2.28. The topological polar surface area (TPSA) is 56.1 Å². The summed E-state index contributed by atoms with van der Waals surface area (Å²) in [6.45, 7) is 5.20. The van der Waals surface area contributed by atoms with Crippen molar-refractivity contribution in [2.45, 2.75) is 26.4 Å². The summed E-state index contributed by atoms with van der Waals surface area (Å²) < 4.78 is 28.4. The number of imidazole rings is 1. The van der Waals surface area contributed by atoms with Gasteiger partial charge >= 0.3 is 6.09 Å².